The van der Waals surface area contributed by atoms with Gasteiger partial charge in [-0.3, -0.25) is 4.79 Å². The number of hydrogen-bond acceptors (Lipinski definition) is 3. The second kappa shape index (κ2) is 8.03. The molecule has 1 aromatic heterocycles. The molecule has 0 radical (unpaired) electrons. The molecular weight excluding hydrogens is 342 g/mol. The van der Waals surface area contributed by atoms with Crippen molar-refractivity contribution in [3.8, 4) is 0 Å². The fourth-order valence-corrected chi connectivity index (χ4v) is 3.08. The van der Waals surface area contributed by atoms with Crippen LogP contribution in [-0.2, 0) is 9.53 Å². The van der Waals surface area contributed by atoms with E-state index in [9.17, 15) is 9.59 Å². The maximum atomic E-state index is 12.8. The summed E-state index contributed by atoms with van der Waals surface area (Å²) in [5.41, 5.74) is 2.50. The van der Waals surface area contributed by atoms with Crippen LogP contribution >= 0.6 is 0 Å². The lowest BCUT2D eigenvalue weighted by Gasteiger charge is -2.26. The van der Waals surface area contributed by atoms with E-state index in [4.69, 9.17) is 4.74 Å². The fraction of sp³-hybridized carbons (Fsp3) is 0.524. The van der Waals surface area contributed by atoms with Crippen molar-refractivity contribution in [3.63, 3.8) is 0 Å². The number of aryl methyl sites for hydroxylation is 1. The van der Waals surface area contributed by atoms with Gasteiger partial charge < -0.3 is 20.4 Å². The number of carbonyl (C=O) groups excluding carboxylic acids is 2. The van der Waals surface area contributed by atoms with Crippen LogP contribution in [0.4, 0.5) is 4.79 Å². The highest BCUT2D eigenvalue weighted by atomic mass is 16.6. The molecule has 0 saturated carbocycles. The molecule has 148 valence electrons. The van der Waals surface area contributed by atoms with Crippen LogP contribution in [0.2, 0.25) is 0 Å². The van der Waals surface area contributed by atoms with Crippen molar-refractivity contribution in [2.45, 2.75) is 66.2 Å². The van der Waals surface area contributed by atoms with Crippen molar-refractivity contribution >= 4 is 22.9 Å². The van der Waals surface area contributed by atoms with Gasteiger partial charge in [-0.1, -0.05) is 32.0 Å². The van der Waals surface area contributed by atoms with Gasteiger partial charge in [0.25, 0.3) is 0 Å². The predicted molar refractivity (Wildman–Crippen MR) is 108 cm³/mol. The summed E-state index contributed by atoms with van der Waals surface area (Å²) in [4.78, 5) is 28.3. The second-order valence-corrected chi connectivity index (χ2v) is 8.31. The number of aromatic amines is 1. The molecule has 0 aliphatic rings. The van der Waals surface area contributed by atoms with E-state index in [0.29, 0.717) is 0 Å². The van der Waals surface area contributed by atoms with Crippen molar-refractivity contribution in [1.29, 1.82) is 0 Å². The number of rotatable bonds is 5. The van der Waals surface area contributed by atoms with Crippen LogP contribution < -0.4 is 10.6 Å². The minimum Gasteiger partial charge on any atom is -0.444 e. The van der Waals surface area contributed by atoms with Gasteiger partial charge in [-0.05, 0) is 52.2 Å². The van der Waals surface area contributed by atoms with Gasteiger partial charge in [-0.25, -0.2) is 4.79 Å². The molecule has 0 aliphatic carbocycles. The van der Waals surface area contributed by atoms with Gasteiger partial charge in [-0.15, -0.1) is 0 Å². The number of nitrogens with one attached hydrogen (secondary N) is 3. The first-order valence-electron chi connectivity index (χ1n) is 9.36. The molecule has 0 saturated heterocycles. The van der Waals surface area contributed by atoms with Gasteiger partial charge in [0.15, 0.2) is 0 Å². The summed E-state index contributed by atoms with van der Waals surface area (Å²) in [6.45, 7) is 13.1. The van der Waals surface area contributed by atoms with E-state index in [-0.39, 0.29) is 17.9 Å². The summed E-state index contributed by atoms with van der Waals surface area (Å²) < 4.78 is 5.28. The number of fused-ring (bicyclic) bond motifs is 1. The first-order valence-corrected chi connectivity index (χ1v) is 9.36. The molecule has 2 rings (SSSR count). The summed E-state index contributed by atoms with van der Waals surface area (Å²) in [5.74, 6) is -0.310. The highest BCUT2D eigenvalue weighted by Crippen LogP contribution is 2.25. The van der Waals surface area contributed by atoms with Crippen LogP contribution in [0, 0.1) is 12.8 Å². The molecule has 2 amide bonds. The molecule has 3 N–H and O–H groups in total. The van der Waals surface area contributed by atoms with Crippen molar-refractivity contribution < 1.29 is 14.3 Å². The number of aromatic nitrogens is 1. The largest absolute Gasteiger partial charge is 0.444 e. The lowest BCUT2D eigenvalue weighted by molar-refractivity contribution is -0.124. The fourth-order valence-electron chi connectivity index (χ4n) is 3.08. The van der Waals surface area contributed by atoms with Crippen molar-refractivity contribution in [3.05, 3.63) is 35.5 Å². The lowest BCUT2D eigenvalue weighted by atomic mass is 10.0. The van der Waals surface area contributed by atoms with E-state index in [0.717, 1.165) is 22.2 Å². The molecule has 0 bridgehead atoms. The van der Waals surface area contributed by atoms with Crippen LogP contribution in [-0.4, -0.2) is 28.6 Å². The molecule has 6 heteroatoms. The number of alkyl carbamates (subject to hydrolysis) is 1. The van der Waals surface area contributed by atoms with E-state index in [2.05, 4.69) is 21.7 Å². The number of para-hydroxylation sites is 1. The zero-order valence-corrected chi connectivity index (χ0v) is 17.3. The Morgan fingerprint density at radius 2 is 1.70 bits per heavy atom. The summed E-state index contributed by atoms with van der Waals surface area (Å²) in [6.07, 6.45) is -0.592. The van der Waals surface area contributed by atoms with E-state index in [1.807, 2.05) is 45.9 Å². The SMILES string of the molecule is Cc1c(C(C)NC(=O)[C@@H](NC(=O)OC(C)(C)C)C(C)C)[nH]c2ccccc12. The van der Waals surface area contributed by atoms with Crippen molar-refractivity contribution in [2.75, 3.05) is 0 Å². The molecule has 1 aromatic carbocycles. The highest BCUT2D eigenvalue weighted by molar-refractivity contribution is 5.87. The van der Waals surface area contributed by atoms with Gasteiger partial charge in [0, 0.05) is 16.6 Å². The molecule has 27 heavy (non-hydrogen) atoms. The topological polar surface area (TPSA) is 83.2 Å². The quantitative estimate of drug-likeness (QED) is 0.734. The Labute approximate surface area is 161 Å². The number of benzene rings is 1. The molecule has 1 unspecified atom stereocenters. The van der Waals surface area contributed by atoms with E-state index in [1.54, 1.807) is 20.8 Å². The lowest BCUT2D eigenvalue weighted by Crippen LogP contribution is -2.51. The summed E-state index contributed by atoms with van der Waals surface area (Å²) in [7, 11) is 0. The van der Waals surface area contributed by atoms with E-state index < -0.39 is 17.7 Å². The van der Waals surface area contributed by atoms with Crippen LogP contribution in [0.3, 0.4) is 0 Å². The van der Waals surface area contributed by atoms with Crippen molar-refractivity contribution in [1.82, 2.24) is 15.6 Å². The minimum atomic E-state index is -0.674. The molecule has 1 heterocycles. The number of carbonyl (C=O) groups is 2. The van der Waals surface area contributed by atoms with Gasteiger partial charge in [0.05, 0.1) is 6.04 Å². The third kappa shape index (κ3) is 5.25. The normalized spacial score (nSPS) is 14.1. The Morgan fingerprint density at radius 3 is 2.26 bits per heavy atom. The number of ether oxygens (including phenoxy) is 1. The minimum absolute atomic E-state index is 0.0754. The first-order chi connectivity index (χ1) is 12.5. The van der Waals surface area contributed by atoms with E-state index in [1.165, 1.54) is 0 Å². The maximum absolute atomic E-state index is 12.8. The van der Waals surface area contributed by atoms with Crippen LogP contribution in [0.15, 0.2) is 24.3 Å². The smallest absolute Gasteiger partial charge is 0.408 e. The Hall–Kier alpha value is -2.50. The zero-order chi connectivity index (χ0) is 20.4. The average molecular weight is 373 g/mol. The van der Waals surface area contributed by atoms with E-state index >= 15 is 0 Å². The van der Waals surface area contributed by atoms with Crippen LogP contribution in [0.25, 0.3) is 10.9 Å². The van der Waals surface area contributed by atoms with Crippen LogP contribution in [0.5, 0.6) is 0 Å². The third-order valence-corrected chi connectivity index (χ3v) is 4.42. The average Bonchev–Trinajstić information content (AvgIpc) is 2.88. The van der Waals surface area contributed by atoms with Crippen LogP contribution in [0.1, 0.15) is 58.8 Å². The molecule has 2 aromatic rings. The summed E-state index contributed by atoms with van der Waals surface area (Å²) >= 11 is 0. The first kappa shape index (κ1) is 20.8. The zero-order valence-electron chi connectivity index (χ0n) is 17.3. The summed E-state index contributed by atoms with van der Waals surface area (Å²) in [5, 5.41) is 6.83. The summed E-state index contributed by atoms with van der Waals surface area (Å²) in [6, 6.07) is 7.15. The number of hydrogen-bond donors (Lipinski definition) is 3. The number of amides is 2. The van der Waals surface area contributed by atoms with Gasteiger partial charge >= 0.3 is 6.09 Å². The third-order valence-electron chi connectivity index (χ3n) is 4.42. The molecule has 0 spiro atoms. The Morgan fingerprint density at radius 1 is 1.07 bits per heavy atom. The molecule has 2 atom stereocenters. The van der Waals surface area contributed by atoms with Crippen molar-refractivity contribution in [2.24, 2.45) is 5.92 Å². The molecule has 6 nitrogen and oxygen atoms in total. The van der Waals surface area contributed by atoms with Gasteiger partial charge in [0.2, 0.25) is 5.91 Å². The standard InChI is InChI=1S/C21H31N3O3/c1-12(2)17(24-20(26)27-21(5,6)7)19(25)22-14(4)18-13(3)15-10-8-9-11-16(15)23-18/h8-12,14,17,23H,1-7H3,(H,22,25)(H,24,26)/t14?,17-/m0/s1. The monoisotopic (exact) mass is 373 g/mol. The Kier molecular flexibility index (Phi) is 6.19. The van der Waals surface area contributed by atoms with Gasteiger partial charge in [-0.2, -0.15) is 0 Å². The molecule has 0 fully saturated rings. The molecule has 0 aliphatic heterocycles. The second-order valence-electron chi connectivity index (χ2n) is 8.31. The molecular formula is C21H31N3O3. The Bertz CT molecular complexity index is 818. The maximum Gasteiger partial charge on any atom is 0.408 e. The highest BCUT2D eigenvalue weighted by Gasteiger charge is 2.28. The van der Waals surface area contributed by atoms with Gasteiger partial charge in [0.1, 0.15) is 11.6 Å². The Balaban J connectivity index is 2.11. The number of H-pyrrole nitrogens is 1. The predicted octanol–water partition coefficient (Wildman–Crippen LogP) is 4.20.